The molecule has 0 aliphatic heterocycles. The highest BCUT2D eigenvalue weighted by Gasteiger charge is 2.09. The molecule has 2 rings (SSSR count). The van der Waals surface area contributed by atoms with Gasteiger partial charge in [-0.1, -0.05) is 0 Å². The van der Waals surface area contributed by atoms with Crippen LogP contribution in [0.1, 0.15) is 22.8 Å². The molecule has 0 spiro atoms. The Morgan fingerprint density at radius 2 is 2.11 bits per heavy atom. The number of ketones is 1. The van der Waals surface area contributed by atoms with E-state index in [0.29, 0.717) is 11.4 Å². The quantitative estimate of drug-likeness (QED) is 0.852. The molecule has 4 heteroatoms. The topological polar surface area (TPSA) is 51.2 Å². The lowest BCUT2D eigenvalue weighted by molar-refractivity contribution is 0.101. The van der Waals surface area contributed by atoms with Crippen molar-refractivity contribution >= 4 is 17.3 Å². The Kier molecular flexibility index (Phi) is 3.80. The summed E-state index contributed by atoms with van der Waals surface area (Å²) in [4.78, 5) is 15.8. The van der Waals surface area contributed by atoms with E-state index in [2.05, 4.69) is 10.3 Å². The van der Waals surface area contributed by atoms with Crippen LogP contribution >= 0.6 is 0 Å². The van der Waals surface area contributed by atoms with Crippen LogP contribution < -0.4 is 10.1 Å². The highest BCUT2D eigenvalue weighted by atomic mass is 16.5. The number of aromatic nitrogens is 1. The summed E-state index contributed by atoms with van der Waals surface area (Å²) in [5.41, 5.74) is 2.51. The Labute approximate surface area is 112 Å². The molecular formula is C15H16N2O2. The van der Waals surface area contributed by atoms with Gasteiger partial charge in [0.25, 0.3) is 0 Å². The van der Waals surface area contributed by atoms with Gasteiger partial charge >= 0.3 is 0 Å². The van der Waals surface area contributed by atoms with Gasteiger partial charge in [-0.3, -0.25) is 4.79 Å². The number of hydrogen-bond donors (Lipinski definition) is 1. The van der Waals surface area contributed by atoms with Gasteiger partial charge in [0.15, 0.2) is 5.78 Å². The first-order valence-electron chi connectivity index (χ1n) is 5.99. The lowest BCUT2D eigenvalue weighted by atomic mass is 10.1. The Bertz CT molecular complexity index is 609. The number of Topliss-reactive ketones (excluding diaryl/α,β-unsaturated/α-hetero) is 1. The maximum Gasteiger partial charge on any atom is 0.163 e. The fourth-order valence-electron chi connectivity index (χ4n) is 1.82. The summed E-state index contributed by atoms with van der Waals surface area (Å²) >= 11 is 0. The highest BCUT2D eigenvalue weighted by Crippen LogP contribution is 2.25. The Morgan fingerprint density at radius 3 is 2.74 bits per heavy atom. The third kappa shape index (κ3) is 2.91. The molecule has 0 radical (unpaired) electrons. The van der Waals surface area contributed by atoms with Gasteiger partial charge in [0.2, 0.25) is 0 Å². The first kappa shape index (κ1) is 13.1. The molecule has 0 unspecified atom stereocenters. The van der Waals surface area contributed by atoms with Crippen molar-refractivity contribution in [2.45, 2.75) is 13.8 Å². The molecule has 1 aromatic heterocycles. The van der Waals surface area contributed by atoms with Crippen LogP contribution in [0.5, 0.6) is 5.75 Å². The van der Waals surface area contributed by atoms with E-state index in [0.717, 1.165) is 17.0 Å². The Balaban J connectivity index is 2.34. The molecule has 1 heterocycles. The Morgan fingerprint density at radius 1 is 1.32 bits per heavy atom. The number of nitrogens with one attached hydrogen (secondary N) is 1. The van der Waals surface area contributed by atoms with Crippen molar-refractivity contribution in [2.75, 3.05) is 12.4 Å². The second kappa shape index (κ2) is 5.52. The average molecular weight is 256 g/mol. The van der Waals surface area contributed by atoms with Gasteiger partial charge in [-0.15, -0.1) is 0 Å². The van der Waals surface area contributed by atoms with Gasteiger partial charge in [-0.25, -0.2) is 4.98 Å². The molecule has 98 valence electrons. The van der Waals surface area contributed by atoms with E-state index >= 15 is 0 Å². The van der Waals surface area contributed by atoms with Crippen LogP contribution in [-0.4, -0.2) is 17.9 Å². The number of carbonyl (C=O) groups is 1. The predicted octanol–water partition coefficient (Wildman–Crippen LogP) is 3.34. The summed E-state index contributed by atoms with van der Waals surface area (Å²) in [6, 6.07) is 9.22. The van der Waals surface area contributed by atoms with Crippen LogP contribution in [0.2, 0.25) is 0 Å². The largest absolute Gasteiger partial charge is 0.497 e. The van der Waals surface area contributed by atoms with Crippen LogP contribution in [0.25, 0.3) is 0 Å². The molecule has 0 aliphatic carbocycles. The number of ether oxygens (including phenoxy) is 1. The van der Waals surface area contributed by atoms with Crippen molar-refractivity contribution in [1.82, 2.24) is 4.98 Å². The zero-order valence-electron chi connectivity index (χ0n) is 11.2. The second-order valence-corrected chi connectivity index (χ2v) is 4.26. The van der Waals surface area contributed by atoms with Crippen molar-refractivity contribution < 1.29 is 9.53 Å². The van der Waals surface area contributed by atoms with Crippen molar-refractivity contribution in [3.63, 3.8) is 0 Å². The number of aryl methyl sites for hydroxylation is 1. The molecule has 4 nitrogen and oxygen atoms in total. The number of carbonyl (C=O) groups excluding carboxylic acids is 1. The molecule has 1 N–H and O–H groups in total. The summed E-state index contributed by atoms with van der Waals surface area (Å²) < 4.78 is 5.16. The number of hydrogen-bond acceptors (Lipinski definition) is 4. The van der Waals surface area contributed by atoms with E-state index in [1.807, 2.05) is 25.1 Å². The fraction of sp³-hybridized carbons (Fsp3) is 0.200. The van der Waals surface area contributed by atoms with E-state index in [1.54, 1.807) is 25.4 Å². The summed E-state index contributed by atoms with van der Waals surface area (Å²) in [5, 5.41) is 3.19. The first-order chi connectivity index (χ1) is 9.11. The predicted molar refractivity (Wildman–Crippen MR) is 75.3 cm³/mol. The number of pyridine rings is 1. The van der Waals surface area contributed by atoms with E-state index in [1.165, 1.54) is 6.92 Å². The zero-order chi connectivity index (χ0) is 13.8. The van der Waals surface area contributed by atoms with Crippen molar-refractivity contribution in [3.05, 3.63) is 47.7 Å². The normalized spacial score (nSPS) is 10.1. The van der Waals surface area contributed by atoms with Gasteiger partial charge in [0, 0.05) is 11.9 Å². The fourth-order valence-corrected chi connectivity index (χ4v) is 1.82. The molecule has 19 heavy (non-hydrogen) atoms. The molecule has 0 amide bonds. The van der Waals surface area contributed by atoms with Gasteiger partial charge in [0.05, 0.1) is 12.7 Å². The van der Waals surface area contributed by atoms with Crippen molar-refractivity contribution in [1.29, 1.82) is 0 Å². The molecule has 1 aromatic carbocycles. The van der Waals surface area contributed by atoms with Crippen LogP contribution in [0.15, 0.2) is 36.5 Å². The molecule has 0 saturated carbocycles. The van der Waals surface area contributed by atoms with Crippen LogP contribution in [0.4, 0.5) is 11.5 Å². The maximum absolute atomic E-state index is 11.5. The number of methoxy groups -OCH3 is 1. The molecular weight excluding hydrogens is 240 g/mol. The highest BCUT2D eigenvalue weighted by molar-refractivity contribution is 5.99. The molecule has 2 aromatic rings. The molecule has 0 atom stereocenters. The summed E-state index contributed by atoms with van der Waals surface area (Å²) in [5.74, 6) is 1.36. The molecule has 0 saturated heterocycles. The molecule has 0 aliphatic rings. The van der Waals surface area contributed by atoms with Gasteiger partial charge in [-0.05, 0) is 49.7 Å². The van der Waals surface area contributed by atoms with Gasteiger partial charge in [0.1, 0.15) is 11.6 Å². The van der Waals surface area contributed by atoms with Crippen molar-refractivity contribution in [2.24, 2.45) is 0 Å². The first-order valence-corrected chi connectivity index (χ1v) is 5.99. The zero-order valence-corrected chi connectivity index (χ0v) is 11.2. The van der Waals surface area contributed by atoms with E-state index in [-0.39, 0.29) is 5.78 Å². The van der Waals surface area contributed by atoms with Gasteiger partial charge in [-0.2, -0.15) is 0 Å². The second-order valence-electron chi connectivity index (χ2n) is 4.26. The lowest BCUT2D eigenvalue weighted by Crippen LogP contribution is -2.03. The van der Waals surface area contributed by atoms with E-state index in [4.69, 9.17) is 4.74 Å². The SMILES string of the molecule is COc1ccc(Nc2ncccc2C(C)=O)c(C)c1. The van der Waals surface area contributed by atoms with Crippen LogP contribution in [0, 0.1) is 6.92 Å². The average Bonchev–Trinajstić information content (AvgIpc) is 2.41. The number of nitrogens with zero attached hydrogens (tertiary/aromatic N) is 1. The minimum atomic E-state index is -0.0123. The molecule has 0 bridgehead atoms. The number of benzene rings is 1. The molecule has 0 fully saturated rings. The van der Waals surface area contributed by atoms with E-state index in [9.17, 15) is 4.79 Å². The smallest absolute Gasteiger partial charge is 0.163 e. The van der Waals surface area contributed by atoms with E-state index < -0.39 is 0 Å². The summed E-state index contributed by atoms with van der Waals surface area (Å²) in [6.07, 6.45) is 1.66. The lowest BCUT2D eigenvalue weighted by Gasteiger charge is -2.12. The minimum absolute atomic E-state index is 0.0123. The van der Waals surface area contributed by atoms with Crippen LogP contribution in [-0.2, 0) is 0 Å². The van der Waals surface area contributed by atoms with Crippen molar-refractivity contribution in [3.8, 4) is 5.75 Å². The third-order valence-electron chi connectivity index (χ3n) is 2.87. The Hall–Kier alpha value is -2.36. The number of anilines is 2. The monoisotopic (exact) mass is 256 g/mol. The van der Waals surface area contributed by atoms with Gasteiger partial charge < -0.3 is 10.1 Å². The maximum atomic E-state index is 11.5. The summed E-state index contributed by atoms with van der Waals surface area (Å²) in [7, 11) is 1.63. The van der Waals surface area contributed by atoms with Crippen LogP contribution in [0.3, 0.4) is 0 Å². The summed E-state index contributed by atoms with van der Waals surface area (Å²) in [6.45, 7) is 3.50. The number of rotatable bonds is 4. The third-order valence-corrected chi connectivity index (χ3v) is 2.87. The standard InChI is InChI=1S/C15H16N2O2/c1-10-9-12(19-3)6-7-14(10)17-15-13(11(2)18)5-4-8-16-15/h4-9H,1-3H3,(H,16,17). The minimum Gasteiger partial charge on any atom is -0.497 e.